The molecule has 7 heteroatoms. The minimum Gasteiger partial charge on any atom is -0.355 e. The third kappa shape index (κ3) is 6.77. The third-order valence-corrected chi connectivity index (χ3v) is 4.82. The number of benzene rings is 2. The van der Waals surface area contributed by atoms with Crippen LogP contribution in [-0.4, -0.2) is 47.7 Å². The molecular weight excluding hydrogens is 386 g/mol. The first-order valence-electron chi connectivity index (χ1n) is 9.99. The first kappa shape index (κ1) is 21.6. The molecule has 1 amide bonds. The van der Waals surface area contributed by atoms with Crippen LogP contribution in [0.15, 0.2) is 54.6 Å². The van der Waals surface area contributed by atoms with Gasteiger partial charge in [-0.2, -0.15) is 5.10 Å². The van der Waals surface area contributed by atoms with E-state index in [-0.39, 0.29) is 17.5 Å². The summed E-state index contributed by atoms with van der Waals surface area (Å²) in [7, 11) is 1.91. The summed E-state index contributed by atoms with van der Waals surface area (Å²) in [6.07, 6.45) is 2.36. The van der Waals surface area contributed by atoms with Gasteiger partial charge in [0.15, 0.2) is 0 Å². The van der Waals surface area contributed by atoms with E-state index in [1.54, 1.807) is 24.3 Å². The highest BCUT2D eigenvalue weighted by Crippen LogP contribution is 2.18. The Morgan fingerprint density at radius 1 is 1.03 bits per heavy atom. The highest BCUT2D eigenvalue weighted by Gasteiger charge is 2.08. The molecule has 0 saturated heterocycles. The Morgan fingerprint density at radius 3 is 2.40 bits per heavy atom. The summed E-state index contributed by atoms with van der Waals surface area (Å²) in [6.45, 7) is 1.63. The lowest BCUT2D eigenvalue weighted by atomic mass is 10.1. The van der Waals surface area contributed by atoms with Crippen LogP contribution in [0.4, 0.5) is 8.78 Å². The first-order valence-corrected chi connectivity index (χ1v) is 9.99. The lowest BCUT2D eigenvalue weighted by molar-refractivity contribution is -0.121. The number of nitrogens with zero attached hydrogens (tertiary/aromatic N) is 2. The normalized spacial score (nSPS) is 11.1. The van der Waals surface area contributed by atoms with E-state index in [2.05, 4.69) is 15.5 Å². The van der Waals surface area contributed by atoms with Gasteiger partial charge in [-0.05, 0) is 80.9 Å². The van der Waals surface area contributed by atoms with Crippen molar-refractivity contribution in [1.82, 2.24) is 20.4 Å². The van der Waals surface area contributed by atoms with E-state index in [0.29, 0.717) is 19.5 Å². The van der Waals surface area contributed by atoms with Crippen molar-refractivity contribution in [1.29, 1.82) is 0 Å². The SMILES string of the molecule is CN(CCCc1cc(-c2ccc(F)cc2)n[nH]1)CC(=O)NCCc1ccc(F)cc1. The van der Waals surface area contributed by atoms with E-state index in [9.17, 15) is 13.6 Å². The number of H-pyrrole nitrogens is 1. The van der Waals surface area contributed by atoms with Gasteiger partial charge in [0.25, 0.3) is 0 Å². The Kier molecular flexibility index (Phi) is 7.68. The lowest BCUT2D eigenvalue weighted by Gasteiger charge is -2.16. The van der Waals surface area contributed by atoms with Gasteiger partial charge < -0.3 is 5.32 Å². The summed E-state index contributed by atoms with van der Waals surface area (Å²) in [4.78, 5) is 14.0. The number of amides is 1. The third-order valence-electron chi connectivity index (χ3n) is 4.82. The van der Waals surface area contributed by atoms with Crippen LogP contribution >= 0.6 is 0 Å². The van der Waals surface area contributed by atoms with E-state index >= 15 is 0 Å². The van der Waals surface area contributed by atoms with Gasteiger partial charge in [0.2, 0.25) is 5.91 Å². The maximum absolute atomic E-state index is 13.0. The van der Waals surface area contributed by atoms with Crippen LogP contribution in [-0.2, 0) is 17.6 Å². The van der Waals surface area contributed by atoms with Crippen molar-refractivity contribution in [2.45, 2.75) is 19.3 Å². The summed E-state index contributed by atoms with van der Waals surface area (Å²) in [5.74, 6) is -0.553. The lowest BCUT2D eigenvalue weighted by Crippen LogP contribution is -2.36. The van der Waals surface area contributed by atoms with Crippen molar-refractivity contribution >= 4 is 5.91 Å². The second kappa shape index (κ2) is 10.6. The molecule has 0 aliphatic rings. The average molecular weight is 412 g/mol. The number of nitrogens with one attached hydrogen (secondary N) is 2. The highest BCUT2D eigenvalue weighted by molar-refractivity contribution is 5.77. The molecule has 0 atom stereocenters. The maximum atomic E-state index is 13.0. The van der Waals surface area contributed by atoms with Crippen LogP contribution in [0.25, 0.3) is 11.3 Å². The van der Waals surface area contributed by atoms with Crippen LogP contribution in [0.2, 0.25) is 0 Å². The molecule has 158 valence electrons. The quantitative estimate of drug-likeness (QED) is 0.535. The molecule has 30 heavy (non-hydrogen) atoms. The summed E-state index contributed by atoms with van der Waals surface area (Å²) in [6, 6.07) is 14.5. The number of hydrogen-bond acceptors (Lipinski definition) is 3. The molecule has 1 heterocycles. The first-order chi connectivity index (χ1) is 14.5. The fourth-order valence-corrected chi connectivity index (χ4v) is 3.18. The Balaban J connectivity index is 1.33. The number of hydrogen-bond donors (Lipinski definition) is 2. The molecule has 2 N–H and O–H groups in total. The van der Waals surface area contributed by atoms with E-state index in [4.69, 9.17) is 0 Å². The maximum Gasteiger partial charge on any atom is 0.234 e. The molecule has 0 radical (unpaired) electrons. The fourth-order valence-electron chi connectivity index (χ4n) is 3.18. The van der Waals surface area contributed by atoms with Gasteiger partial charge in [0, 0.05) is 17.8 Å². The summed E-state index contributed by atoms with van der Waals surface area (Å²) < 4.78 is 25.9. The number of aromatic nitrogens is 2. The monoisotopic (exact) mass is 412 g/mol. The molecule has 0 spiro atoms. The molecule has 0 bridgehead atoms. The molecule has 2 aromatic carbocycles. The summed E-state index contributed by atoms with van der Waals surface area (Å²) >= 11 is 0. The van der Waals surface area contributed by atoms with Crippen LogP contribution in [0, 0.1) is 11.6 Å². The molecule has 3 aromatic rings. The number of halogens is 2. The van der Waals surface area contributed by atoms with Crippen molar-refractivity contribution < 1.29 is 13.6 Å². The summed E-state index contributed by atoms with van der Waals surface area (Å²) in [5, 5.41) is 10.2. The zero-order valence-corrected chi connectivity index (χ0v) is 17.0. The van der Waals surface area contributed by atoms with E-state index in [0.717, 1.165) is 41.9 Å². The number of likely N-dealkylation sites (N-methyl/N-ethyl adjacent to an activating group) is 1. The topological polar surface area (TPSA) is 61.0 Å². The van der Waals surface area contributed by atoms with Gasteiger partial charge in [-0.25, -0.2) is 8.78 Å². The Morgan fingerprint density at radius 2 is 1.70 bits per heavy atom. The van der Waals surface area contributed by atoms with E-state index in [1.165, 1.54) is 24.3 Å². The smallest absolute Gasteiger partial charge is 0.234 e. The number of carbonyl (C=O) groups is 1. The minimum atomic E-state index is -0.267. The number of aromatic amines is 1. The summed E-state index contributed by atoms with van der Waals surface area (Å²) in [5.41, 5.74) is 3.66. The number of carbonyl (C=O) groups excluding carboxylic acids is 1. The molecular formula is C23H26F2N4O. The van der Waals surface area contributed by atoms with Crippen LogP contribution in [0.5, 0.6) is 0 Å². The Hall–Kier alpha value is -3.06. The van der Waals surface area contributed by atoms with Gasteiger partial charge in [-0.15, -0.1) is 0 Å². The number of aryl methyl sites for hydroxylation is 1. The predicted molar refractivity (Wildman–Crippen MR) is 113 cm³/mol. The van der Waals surface area contributed by atoms with E-state index in [1.807, 2.05) is 18.0 Å². The largest absolute Gasteiger partial charge is 0.355 e. The van der Waals surface area contributed by atoms with Gasteiger partial charge >= 0.3 is 0 Å². The second-order valence-corrected chi connectivity index (χ2v) is 7.35. The second-order valence-electron chi connectivity index (χ2n) is 7.35. The molecule has 0 saturated carbocycles. The zero-order valence-electron chi connectivity index (χ0n) is 17.0. The highest BCUT2D eigenvalue weighted by atomic mass is 19.1. The fraction of sp³-hybridized carbons (Fsp3) is 0.304. The van der Waals surface area contributed by atoms with Crippen molar-refractivity contribution in [3.8, 4) is 11.3 Å². The van der Waals surface area contributed by atoms with Crippen LogP contribution < -0.4 is 5.32 Å². The molecule has 0 fully saturated rings. The molecule has 0 aliphatic heterocycles. The van der Waals surface area contributed by atoms with Crippen molar-refractivity contribution in [2.75, 3.05) is 26.7 Å². The van der Waals surface area contributed by atoms with Gasteiger partial charge in [0.1, 0.15) is 11.6 Å². The molecule has 5 nitrogen and oxygen atoms in total. The molecule has 3 rings (SSSR count). The van der Waals surface area contributed by atoms with Crippen molar-refractivity contribution in [2.24, 2.45) is 0 Å². The van der Waals surface area contributed by atoms with Crippen LogP contribution in [0.3, 0.4) is 0 Å². The number of rotatable bonds is 10. The molecule has 1 aromatic heterocycles. The predicted octanol–water partition coefficient (Wildman–Crippen LogP) is 3.58. The van der Waals surface area contributed by atoms with Crippen LogP contribution in [0.1, 0.15) is 17.7 Å². The van der Waals surface area contributed by atoms with Crippen molar-refractivity contribution in [3.63, 3.8) is 0 Å². The Labute approximate surface area is 175 Å². The van der Waals surface area contributed by atoms with Gasteiger partial charge in [-0.3, -0.25) is 14.8 Å². The van der Waals surface area contributed by atoms with E-state index < -0.39 is 0 Å². The van der Waals surface area contributed by atoms with Gasteiger partial charge in [0.05, 0.1) is 12.2 Å². The molecule has 0 aliphatic carbocycles. The average Bonchev–Trinajstić information content (AvgIpc) is 3.19. The standard InChI is InChI=1S/C23H26F2N4O/c1-29(16-23(30)26-13-12-17-4-8-19(24)9-5-17)14-2-3-21-15-22(28-27-21)18-6-10-20(25)11-7-18/h4-11,15H,2-3,12-14,16H2,1H3,(H,26,30)(H,27,28). The molecule has 0 unspecified atom stereocenters. The minimum absolute atomic E-state index is 0.0280. The van der Waals surface area contributed by atoms with Crippen molar-refractivity contribution in [3.05, 3.63) is 77.5 Å². The zero-order chi connectivity index (χ0) is 21.3. The Bertz CT molecular complexity index is 939. The van der Waals surface area contributed by atoms with Gasteiger partial charge in [-0.1, -0.05) is 12.1 Å².